The van der Waals surface area contributed by atoms with E-state index in [9.17, 15) is 4.39 Å². The van der Waals surface area contributed by atoms with E-state index in [2.05, 4.69) is 15.9 Å². The van der Waals surface area contributed by atoms with Crippen LogP contribution in [0, 0.1) is 12.7 Å². The molecular formula is C12H11BrFNO. The summed E-state index contributed by atoms with van der Waals surface area (Å²) in [7, 11) is 0. The van der Waals surface area contributed by atoms with E-state index in [-0.39, 0.29) is 11.9 Å². The van der Waals surface area contributed by atoms with Crippen molar-refractivity contribution in [2.24, 2.45) is 5.73 Å². The number of rotatable bonds is 2. The van der Waals surface area contributed by atoms with Gasteiger partial charge in [0.1, 0.15) is 5.82 Å². The molecule has 0 fully saturated rings. The minimum Gasteiger partial charge on any atom is -0.457 e. The minimum absolute atomic E-state index is 0.250. The highest BCUT2D eigenvalue weighted by molar-refractivity contribution is 9.10. The maximum absolute atomic E-state index is 13.0. The molecule has 2 aromatic rings. The lowest BCUT2D eigenvalue weighted by molar-refractivity contribution is 0.534. The molecule has 84 valence electrons. The SMILES string of the molecule is Cc1cc(F)ccc1C(N)c1ccoc1Br. The summed E-state index contributed by atoms with van der Waals surface area (Å²) in [4.78, 5) is 0. The van der Waals surface area contributed by atoms with Gasteiger partial charge in [0, 0.05) is 5.56 Å². The average molecular weight is 284 g/mol. The molecule has 0 spiro atoms. The van der Waals surface area contributed by atoms with Crippen molar-refractivity contribution < 1.29 is 8.81 Å². The largest absolute Gasteiger partial charge is 0.457 e. The van der Waals surface area contributed by atoms with Crippen LogP contribution in [0.2, 0.25) is 0 Å². The molecule has 1 atom stereocenters. The van der Waals surface area contributed by atoms with Crippen LogP contribution in [0.15, 0.2) is 39.6 Å². The van der Waals surface area contributed by atoms with Crippen LogP contribution in [0.5, 0.6) is 0 Å². The zero-order chi connectivity index (χ0) is 11.7. The lowest BCUT2D eigenvalue weighted by atomic mass is 9.98. The fourth-order valence-electron chi connectivity index (χ4n) is 1.68. The molecule has 0 radical (unpaired) electrons. The standard InChI is InChI=1S/C12H11BrFNO/c1-7-6-8(14)2-3-9(7)11(15)10-4-5-16-12(10)13/h2-6,11H,15H2,1H3. The molecule has 2 N–H and O–H groups in total. The quantitative estimate of drug-likeness (QED) is 0.916. The maximum Gasteiger partial charge on any atom is 0.174 e. The molecule has 0 aliphatic carbocycles. The predicted octanol–water partition coefficient (Wildman–Crippen LogP) is 3.54. The summed E-state index contributed by atoms with van der Waals surface area (Å²) in [6, 6.07) is 6.08. The van der Waals surface area contributed by atoms with Crippen molar-refractivity contribution in [2.45, 2.75) is 13.0 Å². The highest BCUT2D eigenvalue weighted by Gasteiger charge is 2.16. The summed E-state index contributed by atoms with van der Waals surface area (Å²) in [5.41, 5.74) is 8.68. The molecule has 0 saturated carbocycles. The van der Waals surface area contributed by atoms with Crippen molar-refractivity contribution in [1.82, 2.24) is 0 Å². The molecule has 1 heterocycles. The van der Waals surface area contributed by atoms with Gasteiger partial charge >= 0.3 is 0 Å². The van der Waals surface area contributed by atoms with Crippen molar-refractivity contribution in [1.29, 1.82) is 0 Å². The van der Waals surface area contributed by atoms with Gasteiger partial charge in [0.2, 0.25) is 0 Å². The molecule has 1 unspecified atom stereocenters. The smallest absolute Gasteiger partial charge is 0.174 e. The highest BCUT2D eigenvalue weighted by atomic mass is 79.9. The number of halogens is 2. The number of aryl methyl sites for hydroxylation is 1. The van der Waals surface area contributed by atoms with Crippen LogP contribution in [-0.4, -0.2) is 0 Å². The zero-order valence-corrected chi connectivity index (χ0v) is 10.3. The van der Waals surface area contributed by atoms with Crippen molar-refractivity contribution in [2.75, 3.05) is 0 Å². The summed E-state index contributed by atoms with van der Waals surface area (Å²) in [6.45, 7) is 1.84. The van der Waals surface area contributed by atoms with E-state index >= 15 is 0 Å². The van der Waals surface area contributed by atoms with E-state index in [0.717, 1.165) is 16.7 Å². The first-order valence-corrected chi connectivity index (χ1v) is 5.63. The van der Waals surface area contributed by atoms with E-state index in [1.165, 1.54) is 12.1 Å². The van der Waals surface area contributed by atoms with Crippen LogP contribution in [-0.2, 0) is 0 Å². The monoisotopic (exact) mass is 283 g/mol. The summed E-state index contributed by atoms with van der Waals surface area (Å²) in [5.74, 6) is -0.250. The first-order chi connectivity index (χ1) is 7.59. The third-order valence-corrected chi connectivity index (χ3v) is 3.19. The second-order valence-electron chi connectivity index (χ2n) is 3.63. The van der Waals surface area contributed by atoms with Crippen molar-refractivity contribution >= 4 is 15.9 Å². The normalized spacial score (nSPS) is 12.8. The van der Waals surface area contributed by atoms with Gasteiger partial charge in [-0.05, 0) is 52.2 Å². The van der Waals surface area contributed by atoms with Gasteiger partial charge in [-0.2, -0.15) is 0 Å². The zero-order valence-electron chi connectivity index (χ0n) is 8.71. The van der Waals surface area contributed by atoms with Crippen LogP contribution in [0.25, 0.3) is 0 Å². The Morgan fingerprint density at radius 2 is 2.06 bits per heavy atom. The van der Waals surface area contributed by atoms with Gasteiger partial charge in [-0.1, -0.05) is 6.07 Å². The van der Waals surface area contributed by atoms with E-state index in [1.54, 1.807) is 18.4 Å². The van der Waals surface area contributed by atoms with E-state index in [1.807, 2.05) is 6.92 Å². The molecule has 1 aromatic carbocycles. The topological polar surface area (TPSA) is 39.2 Å². The van der Waals surface area contributed by atoms with Crippen molar-refractivity contribution in [3.05, 3.63) is 57.7 Å². The molecule has 2 rings (SSSR count). The maximum atomic E-state index is 13.0. The van der Waals surface area contributed by atoms with Gasteiger partial charge < -0.3 is 10.2 Å². The van der Waals surface area contributed by atoms with Gasteiger partial charge in [0.15, 0.2) is 4.67 Å². The molecular weight excluding hydrogens is 273 g/mol. The Morgan fingerprint density at radius 1 is 1.31 bits per heavy atom. The second kappa shape index (κ2) is 4.39. The molecule has 0 amide bonds. The minimum atomic E-state index is -0.311. The van der Waals surface area contributed by atoms with E-state index in [0.29, 0.717) is 4.67 Å². The van der Waals surface area contributed by atoms with Crippen molar-refractivity contribution in [3.8, 4) is 0 Å². The number of hydrogen-bond acceptors (Lipinski definition) is 2. The first-order valence-electron chi connectivity index (χ1n) is 4.84. The molecule has 0 bridgehead atoms. The van der Waals surface area contributed by atoms with Gasteiger partial charge in [-0.25, -0.2) is 4.39 Å². The third-order valence-electron chi connectivity index (χ3n) is 2.55. The lowest BCUT2D eigenvalue weighted by Gasteiger charge is -2.13. The average Bonchev–Trinajstić information content (AvgIpc) is 2.63. The van der Waals surface area contributed by atoms with Crippen LogP contribution < -0.4 is 5.73 Å². The fraction of sp³-hybridized carbons (Fsp3) is 0.167. The number of nitrogens with two attached hydrogens (primary N) is 1. The first kappa shape index (κ1) is 11.4. The Labute approximate surface area is 101 Å². The molecule has 0 saturated heterocycles. The molecule has 0 aliphatic heterocycles. The highest BCUT2D eigenvalue weighted by Crippen LogP contribution is 2.29. The Hall–Kier alpha value is -1.13. The fourth-order valence-corrected chi connectivity index (χ4v) is 2.17. The van der Waals surface area contributed by atoms with Gasteiger partial charge in [-0.3, -0.25) is 0 Å². The van der Waals surface area contributed by atoms with E-state index < -0.39 is 0 Å². The van der Waals surface area contributed by atoms with Crippen LogP contribution in [0.1, 0.15) is 22.7 Å². The molecule has 0 aliphatic rings. The molecule has 4 heteroatoms. The Bertz CT molecular complexity index is 509. The predicted molar refractivity (Wildman–Crippen MR) is 63.6 cm³/mol. The van der Waals surface area contributed by atoms with Crippen LogP contribution in [0.3, 0.4) is 0 Å². The summed E-state index contributed by atoms with van der Waals surface area (Å²) in [6.07, 6.45) is 1.57. The number of hydrogen-bond donors (Lipinski definition) is 1. The van der Waals surface area contributed by atoms with Gasteiger partial charge in [0.05, 0.1) is 12.3 Å². The van der Waals surface area contributed by atoms with Crippen molar-refractivity contribution in [3.63, 3.8) is 0 Å². The summed E-state index contributed by atoms with van der Waals surface area (Å²) >= 11 is 3.28. The van der Waals surface area contributed by atoms with Crippen LogP contribution >= 0.6 is 15.9 Å². The second-order valence-corrected chi connectivity index (χ2v) is 4.35. The number of furan rings is 1. The third kappa shape index (κ3) is 2.03. The van der Waals surface area contributed by atoms with Crippen LogP contribution in [0.4, 0.5) is 4.39 Å². The lowest BCUT2D eigenvalue weighted by Crippen LogP contribution is -2.13. The summed E-state index contributed by atoms with van der Waals surface area (Å²) in [5, 5.41) is 0. The van der Waals surface area contributed by atoms with E-state index in [4.69, 9.17) is 10.2 Å². The van der Waals surface area contributed by atoms with Gasteiger partial charge in [-0.15, -0.1) is 0 Å². The molecule has 16 heavy (non-hydrogen) atoms. The summed E-state index contributed by atoms with van der Waals surface area (Å²) < 4.78 is 18.7. The molecule has 1 aromatic heterocycles. The Balaban J connectivity index is 2.41. The molecule has 2 nitrogen and oxygen atoms in total. The van der Waals surface area contributed by atoms with Gasteiger partial charge in [0.25, 0.3) is 0 Å². The Kier molecular flexibility index (Phi) is 3.12. The Morgan fingerprint density at radius 3 is 2.62 bits per heavy atom. The number of benzene rings is 1.